The number of hydrogen-bond acceptors (Lipinski definition) is 4. The van der Waals surface area contributed by atoms with Gasteiger partial charge in [0.15, 0.2) is 5.78 Å². The number of carbonyl (C=O) groups is 2. The zero-order chi connectivity index (χ0) is 21.6. The SMILES string of the molecule is CC1=C2[C@@H]3OC(=O)[C@@H](CN4CCC(Cc5ccccc5)CC4)[C@@H]3CC[C@@]2(C)C=CC1=O. The van der Waals surface area contributed by atoms with Crippen molar-refractivity contribution >= 4 is 11.8 Å². The predicted octanol–water partition coefficient (Wildman–Crippen LogP) is 4.35. The number of allylic oxidation sites excluding steroid dienone is 3. The number of fused-ring (bicyclic) bond motifs is 3. The van der Waals surface area contributed by atoms with Crippen LogP contribution in [0.4, 0.5) is 0 Å². The molecule has 2 aliphatic carbocycles. The Hall–Kier alpha value is -2.20. The highest BCUT2D eigenvalue weighted by Crippen LogP contribution is 2.53. The average Bonchev–Trinajstić information content (AvgIpc) is 3.08. The molecule has 2 saturated heterocycles. The molecular weight excluding hydrogens is 386 g/mol. The molecule has 1 aromatic carbocycles. The Labute approximate surface area is 185 Å². The van der Waals surface area contributed by atoms with Crippen molar-refractivity contribution in [2.24, 2.45) is 23.2 Å². The fourth-order valence-electron chi connectivity index (χ4n) is 6.38. The standard InChI is InChI=1S/C27H33NO3/c1-18-23(29)9-13-27(2)12-8-21-22(26(30)31-25(21)24(18)27)17-28-14-10-20(11-15-28)16-19-6-4-3-5-7-19/h3-7,9,13,20-22,25H,8,10-12,14-17H2,1-2H3/t21-,22-,25+,27-/m0/s1. The lowest BCUT2D eigenvalue weighted by Gasteiger charge is -2.43. The summed E-state index contributed by atoms with van der Waals surface area (Å²) in [5.74, 6) is 0.861. The van der Waals surface area contributed by atoms with Crippen molar-refractivity contribution < 1.29 is 14.3 Å². The van der Waals surface area contributed by atoms with E-state index in [9.17, 15) is 9.59 Å². The van der Waals surface area contributed by atoms with Crippen LogP contribution in [0.25, 0.3) is 0 Å². The average molecular weight is 420 g/mol. The minimum atomic E-state index is -0.222. The van der Waals surface area contributed by atoms with E-state index in [1.165, 1.54) is 18.4 Å². The lowest BCUT2D eigenvalue weighted by atomic mass is 9.61. The zero-order valence-electron chi connectivity index (χ0n) is 18.7. The summed E-state index contributed by atoms with van der Waals surface area (Å²) < 4.78 is 5.96. The highest BCUT2D eigenvalue weighted by molar-refractivity contribution is 6.05. The summed E-state index contributed by atoms with van der Waals surface area (Å²) in [6, 6.07) is 10.8. The molecule has 4 atom stereocenters. The number of likely N-dealkylation sites (tertiary alicyclic amines) is 1. The van der Waals surface area contributed by atoms with Crippen molar-refractivity contribution in [3.05, 3.63) is 59.2 Å². The maximum absolute atomic E-state index is 12.9. The van der Waals surface area contributed by atoms with Gasteiger partial charge < -0.3 is 9.64 Å². The fourth-order valence-corrected chi connectivity index (χ4v) is 6.38. The minimum Gasteiger partial charge on any atom is -0.457 e. The van der Waals surface area contributed by atoms with Crippen LogP contribution in [0.15, 0.2) is 53.6 Å². The molecule has 0 amide bonds. The molecule has 0 radical (unpaired) electrons. The Morgan fingerprint density at radius 2 is 1.84 bits per heavy atom. The second kappa shape index (κ2) is 8.05. The fraction of sp³-hybridized carbons (Fsp3) is 0.556. The molecule has 2 heterocycles. The lowest BCUT2D eigenvalue weighted by Crippen LogP contribution is -2.43. The Morgan fingerprint density at radius 1 is 1.10 bits per heavy atom. The topological polar surface area (TPSA) is 46.6 Å². The van der Waals surface area contributed by atoms with Crippen molar-refractivity contribution in [1.82, 2.24) is 4.90 Å². The van der Waals surface area contributed by atoms with Gasteiger partial charge in [0.05, 0.1) is 5.92 Å². The van der Waals surface area contributed by atoms with E-state index in [1.807, 2.05) is 13.0 Å². The Morgan fingerprint density at radius 3 is 2.58 bits per heavy atom. The number of esters is 1. The molecule has 4 heteroatoms. The zero-order valence-corrected chi connectivity index (χ0v) is 18.7. The van der Waals surface area contributed by atoms with Gasteiger partial charge in [0.1, 0.15) is 6.10 Å². The molecular formula is C27H33NO3. The van der Waals surface area contributed by atoms with Crippen LogP contribution < -0.4 is 0 Å². The Balaban J connectivity index is 1.23. The molecule has 0 unspecified atom stereocenters. The van der Waals surface area contributed by atoms with Crippen LogP contribution in [-0.2, 0) is 20.7 Å². The quantitative estimate of drug-likeness (QED) is 0.681. The summed E-state index contributed by atoms with van der Waals surface area (Å²) in [5.41, 5.74) is 3.13. The molecule has 5 rings (SSSR count). The van der Waals surface area contributed by atoms with Crippen molar-refractivity contribution in [2.45, 2.75) is 52.1 Å². The Bertz CT molecular complexity index is 925. The number of piperidine rings is 1. The predicted molar refractivity (Wildman–Crippen MR) is 120 cm³/mol. The van der Waals surface area contributed by atoms with Crippen molar-refractivity contribution in [2.75, 3.05) is 19.6 Å². The van der Waals surface area contributed by atoms with Crippen LogP contribution in [0.5, 0.6) is 0 Å². The molecule has 0 spiro atoms. The lowest BCUT2D eigenvalue weighted by molar-refractivity contribution is -0.144. The molecule has 0 aromatic heterocycles. The third kappa shape index (κ3) is 3.80. The molecule has 3 fully saturated rings. The van der Waals surface area contributed by atoms with Gasteiger partial charge in [-0.15, -0.1) is 0 Å². The maximum Gasteiger partial charge on any atom is 0.311 e. The number of rotatable bonds is 4. The normalized spacial score (nSPS) is 33.9. The highest BCUT2D eigenvalue weighted by atomic mass is 16.6. The third-order valence-corrected chi connectivity index (χ3v) is 8.25. The summed E-state index contributed by atoms with van der Waals surface area (Å²) >= 11 is 0. The van der Waals surface area contributed by atoms with Crippen LogP contribution in [0.3, 0.4) is 0 Å². The molecule has 1 aromatic rings. The van der Waals surface area contributed by atoms with Gasteiger partial charge in [-0.1, -0.05) is 43.3 Å². The van der Waals surface area contributed by atoms with E-state index in [0.717, 1.165) is 56.0 Å². The molecule has 0 N–H and O–H groups in total. The monoisotopic (exact) mass is 419 g/mol. The van der Waals surface area contributed by atoms with Crippen LogP contribution in [0.1, 0.15) is 45.1 Å². The Kier molecular flexibility index (Phi) is 5.37. The summed E-state index contributed by atoms with van der Waals surface area (Å²) in [7, 11) is 0. The summed E-state index contributed by atoms with van der Waals surface area (Å²) in [6.45, 7) is 6.99. The van der Waals surface area contributed by atoms with Gasteiger partial charge in [-0.2, -0.15) is 0 Å². The highest BCUT2D eigenvalue weighted by Gasteiger charge is 2.54. The van der Waals surface area contributed by atoms with Gasteiger partial charge in [-0.05, 0) is 75.2 Å². The molecule has 164 valence electrons. The number of ketones is 1. The number of hydrogen-bond donors (Lipinski definition) is 0. The molecule has 4 aliphatic rings. The second-order valence-corrected chi connectivity index (χ2v) is 10.3. The van der Waals surface area contributed by atoms with Gasteiger partial charge in [0.2, 0.25) is 0 Å². The van der Waals surface area contributed by atoms with E-state index in [2.05, 4.69) is 42.2 Å². The van der Waals surface area contributed by atoms with Crippen LogP contribution >= 0.6 is 0 Å². The van der Waals surface area contributed by atoms with E-state index in [0.29, 0.717) is 0 Å². The van der Waals surface area contributed by atoms with Gasteiger partial charge in [-0.25, -0.2) is 0 Å². The van der Waals surface area contributed by atoms with Crippen molar-refractivity contribution in [1.29, 1.82) is 0 Å². The summed E-state index contributed by atoms with van der Waals surface area (Å²) in [5, 5.41) is 0. The van der Waals surface area contributed by atoms with Gasteiger partial charge in [-0.3, -0.25) is 9.59 Å². The molecule has 1 saturated carbocycles. The summed E-state index contributed by atoms with van der Waals surface area (Å²) in [6.07, 6.45) is 9.01. The van der Waals surface area contributed by atoms with Crippen molar-refractivity contribution in [3.63, 3.8) is 0 Å². The second-order valence-electron chi connectivity index (χ2n) is 10.3. The van der Waals surface area contributed by atoms with Gasteiger partial charge in [0.25, 0.3) is 0 Å². The van der Waals surface area contributed by atoms with Crippen LogP contribution in [-0.4, -0.2) is 42.4 Å². The number of benzene rings is 1. The van der Waals surface area contributed by atoms with E-state index in [-0.39, 0.29) is 35.1 Å². The van der Waals surface area contributed by atoms with Gasteiger partial charge in [0, 0.05) is 23.5 Å². The number of nitrogens with zero attached hydrogens (tertiary/aromatic N) is 1. The number of carbonyl (C=O) groups excluding carboxylic acids is 2. The first-order valence-corrected chi connectivity index (χ1v) is 11.9. The van der Waals surface area contributed by atoms with Gasteiger partial charge >= 0.3 is 5.97 Å². The summed E-state index contributed by atoms with van der Waals surface area (Å²) in [4.78, 5) is 27.7. The molecule has 2 aliphatic heterocycles. The third-order valence-electron chi connectivity index (χ3n) is 8.25. The van der Waals surface area contributed by atoms with Crippen molar-refractivity contribution in [3.8, 4) is 0 Å². The van der Waals surface area contributed by atoms with E-state index < -0.39 is 0 Å². The molecule has 31 heavy (non-hydrogen) atoms. The minimum absolute atomic E-state index is 0.0621. The van der Waals surface area contributed by atoms with E-state index >= 15 is 0 Å². The smallest absolute Gasteiger partial charge is 0.311 e. The molecule has 0 bridgehead atoms. The van der Waals surface area contributed by atoms with E-state index in [1.54, 1.807) is 6.08 Å². The van der Waals surface area contributed by atoms with Crippen LogP contribution in [0.2, 0.25) is 0 Å². The molecule has 4 nitrogen and oxygen atoms in total. The van der Waals surface area contributed by atoms with Crippen LogP contribution in [0, 0.1) is 23.2 Å². The first kappa shape index (κ1) is 20.7. The number of ether oxygens (including phenoxy) is 1. The first-order chi connectivity index (χ1) is 14.9. The maximum atomic E-state index is 12.9. The van der Waals surface area contributed by atoms with E-state index in [4.69, 9.17) is 4.74 Å². The first-order valence-electron chi connectivity index (χ1n) is 11.9. The largest absolute Gasteiger partial charge is 0.457 e.